The Morgan fingerprint density at radius 3 is 2.88 bits per heavy atom. The maximum atomic E-state index is 3.53. The molecule has 3 rings (SSSR count). The summed E-state index contributed by atoms with van der Waals surface area (Å²) < 4.78 is 0. The van der Waals surface area contributed by atoms with Crippen LogP contribution in [0, 0.1) is 11.8 Å². The second-order valence-electron chi connectivity index (χ2n) is 5.47. The van der Waals surface area contributed by atoms with Gasteiger partial charge in [0.25, 0.3) is 0 Å². The Labute approximate surface area is 108 Å². The van der Waals surface area contributed by atoms with Crippen LogP contribution in [0.5, 0.6) is 0 Å². The van der Waals surface area contributed by atoms with Crippen LogP contribution in [0.3, 0.4) is 0 Å². The van der Waals surface area contributed by atoms with E-state index in [2.05, 4.69) is 36.2 Å². The van der Waals surface area contributed by atoms with Gasteiger partial charge < -0.3 is 5.32 Å². The SMILES string of the molecule is CCc1ccc(CN2CC3CNCC3C2C)s1. The molecule has 3 unspecified atom stereocenters. The van der Waals surface area contributed by atoms with E-state index in [4.69, 9.17) is 0 Å². The fourth-order valence-corrected chi connectivity index (χ4v) is 4.35. The van der Waals surface area contributed by atoms with E-state index in [9.17, 15) is 0 Å². The van der Waals surface area contributed by atoms with Crippen LogP contribution in [0.25, 0.3) is 0 Å². The molecule has 1 N–H and O–H groups in total. The Kier molecular flexibility index (Phi) is 3.24. The van der Waals surface area contributed by atoms with Crippen molar-refractivity contribution in [2.75, 3.05) is 19.6 Å². The normalized spacial score (nSPS) is 33.2. The van der Waals surface area contributed by atoms with Crippen LogP contribution >= 0.6 is 11.3 Å². The number of likely N-dealkylation sites (tertiary alicyclic amines) is 1. The van der Waals surface area contributed by atoms with Gasteiger partial charge in [0.05, 0.1) is 0 Å². The summed E-state index contributed by atoms with van der Waals surface area (Å²) in [5.41, 5.74) is 0. The third-order valence-electron chi connectivity index (χ3n) is 4.48. The van der Waals surface area contributed by atoms with Crippen molar-refractivity contribution in [3.05, 3.63) is 21.9 Å². The fourth-order valence-electron chi connectivity index (χ4n) is 3.36. The Balaban J connectivity index is 1.66. The van der Waals surface area contributed by atoms with Crippen molar-refractivity contribution in [3.8, 4) is 0 Å². The molecule has 2 aliphatic heterocycles. The van der Waals surface area contributed by atoms with Crippen LogP contribution in [0.4, 0.5) is 0 Å². The number of rotatable bonds is 3. The molecular weight excluding hydrogens is 228 g/mol. The Hall–Kier alpha value is -0.380. The van der Waals surface area contributed by atoms with E-state index in [1.165, 1.54) is 37.5 Å². The number of hydrogen-bond acceptors (Lipinski definition) is 3. The summed E-state index contributed by atoms with van der Waals surface area (Å²) in [4.78, 5) is 5.75. The van der Waals surface area contributed by atoms with Gasteiger partial charge in [0, 0.05) is 28.9 Å². The minimum absolute atomic E-state index is 0.752. The highest BCUT2D eigenvalue weighted by Gasteiger charge is 2.41. The lowest BCUT2D eigenvalue weighted by atomic mass is 9.95. The molecule has 17 heavy (non-hydrogen) atoms. The van der Waals surface area contributed by atoms with Gasteiger partial charge in [-0.25, -0.2) is 0 Å². The second kappa shape index (κ2) is 4.71. The predicted molar refractivity (Wildman–Crippen MR) is 73.4 cm³/mol. The van der Waals surface area contributed by atoms with Gasteiger partial charge in [0.2, 0.25) is 0 Å². The van der Waals surface area contributed by atoms with Gasteiger partial charge in [0.15, 0.2) is 0 Å². The molecule has 3 atom stereocenters. The lowest BCUT2D eigenvalue weighted by Crippen LogP contribution is -2.32. The van der Waals surface area contributed by atoms with E-state index in [0.717, 1.165) is 17.9 Å². The zero-order valence-corrected chi connectivity index (χ0v) is 11.6. The molecule has 0 spiro atoms. The van der Waals surface area contributed by atoms with Gasteiger partial charge in [-0.05, 0) is 50.4 Å². The molecule has 0 aliphatic carbocycles. The highest BCUT2D eigenvalue weighted by Crippen LogP contribution is 2.34. The van der Waals surface area contributed by atoms with E-state index in [1.54, 1.807) is 4.88 Å². The van der Waals surface area contributed by atoms with Crippen molar-refractivity contribution >= 4 is 11.3 Å². The van der Waals surface area contributed by atoms with Crippen LogP contribution in [0.1, 0.15) is 23.6 Å². The van der Waals surface area contributed by atoms with E-state index in [1.807, 2.05) is 11.3 Å². The number of hydrogen-bond donors (Lipinski definition) is 1. The zero-order chi connectivity index (χ0) is 11.8. The summed E-state index contributed by atoms with van der Waals surface area (Å²) in [7, 11) is 0. The third kappa shape index (κ3) is 2.16. The van der Waals surface area contributed by atoms with Crippen LogP contribution in [-0.4, -0.2) is 30.6 Å². The summed E-state index contributed by atoms with van der Waals surface area (Å²) in [6, 6.07) is 5.37. The smallest absolute Gasteiger partial charge is 0.0331 e. The van der Waals surface area contributed by atoms with Crippen molar-refractivity contribution < 1.29 is 0 Å². The molecule has 1 aromatic rings. The van der Waals surface area contributed by atoms with Crippen LogP contribution in [0.15, 0.2) is 12.1 Å². The van der Waals surface area contributed by atoms with E-state index >= 15 is 0 Å². The summed E-state index contributed by atoms with van der Waals surface area (Å²) >= 11 is 1.99. The van der Waals surface area contributed by atoms with Gasteiger partial charge in [-0.15, -0.1) is 11.3 Å². The van der Waals surface area contributed by atoms with Crippen molar-refractivity contribution in [1.29, 1.82) is 0 Å². The van der Waals surface area contributed by atoms with E-state index < -0.39 is 0 Å². The molecule has 2 fully saturated rings. The minimum atomic E-state index is 0.752. The maximum Gasteiger partial charge on any atom is 0.0331 e. The maximum absolute atomic E-state index is 3.53. The highest BCUT2D eigenvalue weighted by molar-refractivity contribution is 7.11. The van der Waals surface area contributed by atoms with Crippen LogP contribution in [0.2, 0.25) is 0 Å². The first kappa shape index (κ1) is 11.7. The highest BCUT2D eigenvalue weighted by atomic mass is 32.1. The fraction of sp³-hybridized carbons (Fsp3) is 0.714. The quantitative estimate of drug-likeness (QED) is 0.886. The van der Waals surface area contributed by atoms with Crippen LogP contribution < -0.4 is 5.32 Å². The molecule has 2 aliphatic rings. The number of nitrogens with one attached hydrogen (secondary N) is 1. The molecule has 1 aromatic heterocycles. The topological polar surface area (TPSA) is 15.3 Å². The van der Waals surface area contributed by atoms with Gasteiger partial charge >= 0.3 is 0 Å². The van der Waals surface area contributed by atoms with E-state index in [0.29, 0.717) is 0 Å². The van der Waals surface area contributed by atoms with Crippen LogP contribution in [-0.2, 0) is 13.0 Å². The van der Waals surface area contributed by atoms with E-state index in [-0.39, 0.29) is 0 Å². The molecule has 0 radical (unpaired) electrons. The molecule has 0 bridgehead atoms. The summed E-state index contributed by atoms with van der Waals surface area (Å²) in [6.07, 6.45) is 1.18. The van der Waals surface area contributed by atoms with Gasteiger partial charge in [-0.1, -0.05) is 6.92 Å². The standard InChI is InChI=1S/C14H22N2S/c1-3-12-4-5-13(17-12)9-16-8-11-6-15-7-14(11)10(16)2/h4-5,10-11,14-15H,3,6-9H2,1-2H3. The van der Waals surface area contributed by atoms with Crippen molar-refractivity contribution in [2.24, 2.45) is 11.8 Å². The number of aryl methyl sites for hydroxylation is 1. The average molecular weight is 250 g/mol. The molecule has 2 saturated heterocycles. The molecule has 0 saturated carbocycles. The molecule has 3 heterocycles. The first-order valence-electron chi connectivity index (χ1n) is 6.80. The zero-order valence-electron chi connectivity index (χ0n) is 10.8. The van der Waals surface area contributed by atoms with Gasteiger partial charge in [0.1, 0.15) is 0 Å². The Morgan fingerprint density at radius 1 is 1.35 bits per heavy atom. The molecule has 0 amide bonds. The summed E-state index contributed by atoms with van der Waals surface area (Å²) in [5.74, 6) is 1.79. The lowest BCUT2D eigenvalue weighted by Gasteiger charge is -2.23. The van der Waals surface area contributed by atoms with Crippen molar-refractivity contribution in [2.45, 2.75) is 32.9 Å². The van der Waals surface area contributed by atoms with Crippen molar-refractivity contribution in [3.63, 3.8) is 0 Å². The molecule has 94 valence electrons. The first-order chi connectivity index (χ1) is 8.28. The summed E-state index contributed by atoms with van der Waals surface area (Å²) in [5, 5.41) is 3.53. The molecule has 3 heteroatoms. The average Bonchev–Trinajstić information content (AvgIpc) is 3.00. The number of fused-ring (bicyclic) bond motifs is 1. The Morgan fingerprint density at radius 2 is 2.18 bits per heavy atom. The number of nitrogens with zero attached hydrogens (tertiary/aromatic N) is 1. The predicted octanol–water partition coefficient (Wildman–Crippen LogP) is 2.35. The van der Waals surface area contributed by atoms with Gasteiger partial charge in [-0.3, -0.25) is 4.90 Å². The minimum Gasteiger partial charge on any atom is -0.316 e. The lowest BCUT2D eigenvalue weighted by molar-refractivity contribution is 0.233. The molecule has 0 aromatic carbocycles. The largest absolute Gasteiger partial charge is 0.316 e. The number of thiophene rings is 1. The third-order valence-corrected chi connectivity index (χ3v) is 5.70. The van der Waals surface area contributed by atoms with Crippen molar-refractivity contribution in [1.82, 2.24) is 10.2 Å². The summed E-state index contributed by atoms with van der Waals surface area (Å²) in [6.45, 7) is 9.57. The first-order valence-corrected chi connectivity index (χ1v) is 7.62. The monoisotopic (exact) mass is 250 g/mol. The van der Waals surface area contributed by atoms with Gasteiger partial charge in [-0.2, -0.15) is 0 Å². The molecule has 2 nitrogen and oxygen atoms in total. The Bertz CT molecular complexity index is 387. The molecular formula is C14H22N2S. The second-order valence-corrected chi connectivity index (χ2v) is 6.73.